The molecule has 14 heavy (non-hydrogen) atoms. The van der Waals surface area contributed by atoms with Crippen LogP contribution in [0, 0.1) is 6.92 Å². The average Bonchev–Trinajstić information content (AvgIpc) is 2.52. The Morgan fingerprint density at radius 1 is 1.57 bits per heavy atom. The number of nitrogens with one attached hydrogen (secondary N) is 1. The van der Waals surface area contributed by atoms with Crippen molar-refractivity contribution < 1.29 is 18.3 Å². The molecule has 0 aliphatic rings. The Hall–Kier alpha value is -0.940. The Morgan fingerprint density at radius 3 is 2.79 bits per heavy atom. The lowest BCUT2D eigenvalue weighted by Gasteiger charge is -2.13. The summed E-state index contributed by atoms with van der Waals surface area (Å²) in [7, 11) is 0. The molecule has 0 aromatic carbocycles. The second-order valence-corrected chi connectivity index (χ2v) is 3.14. The van der Waals surface area contributed by atoms with Crippen molar-refractivity contribution in [2.75, 3.05) is 13.2 Å². The summed E-state index contributed by atoms with van der Waals surface area (Å²) in [4.78, 5) is 0. The van der Waals surface area contributed by atoms with Gasteiger partial charge in [-0.3, -0.25) is 0 Å². The van der Waals surface area contributed by atoms with Crippen LogP contribution in [0.15, 0.2) is 16.7 Å². The highest BCUT2D eigenvalue weighted by Gasteiger charge is 2.26. The molecule has 0 atom stereocenters. The van der Waals surface area contributed by atoms with Gasteiger partial charge in [-0.2, -0.15) is 0 Å². The second-order valence-electron chi connectivity index (χ2n) is 3.14. The van der Waals surface area contributed by atoms with Gasteiger partial charge in [0.1, 0.15) is 12.4 Å². The minimum absolute atomic E-state index is 0.244. The van der Waals surface area contributed by atoms with E-state index in [1.54, 1.807) is 6.07 Å². The first-order valence-electron chi connectivity index (χ1n) is 4.27. The monoisotopic (exact) mass is 205 g/mol. The molecule has 2 N–H and O–H groups in total. The van der Waals surface area contributed by atoms with Crippen molar-refractivity contribution in [1.29, 1.82) is 0 Å². The Morgan fingerprint density at radius 2 is 2.29 bits per heavy atom. The van der Waals surface area contributed by atoms with Crippen LogP contribution < -0.4 is 5.32 Å². The van der Waals surface area contributed by atoms with Crippen LogP contribution in [0.25, 0.3) is 0 Å². The summed E-state index contributed by atoms with van der Waals surface area (Å²) in [6.45, 7) is 0.389. The quantitative estimate of drug-likeness (QED) is 0.761. The summed E-state index contributed by atoms with van der Waals surface area (Å²) in [6.07, 6.45) is 1.51. The fraction of sp³-hybridized carbons (Fsp3) is 0.556. The summed E-state index contributed by atoms with van der Waals surface area (Å²) < 4.78 is 30.1. The SMILES string of the molecule is Cc1ccoc1CNCC(F)(F)CO. The van der Waals surface area contributed by atoms with Gasteiger partial charge in [-0.05, 0) is 18.6 Å². The minimum Gasteiger partial charge on any atom is -0.468 e. The van der Waals surface area contributed by atoms with Gasteiger partial charge < -0.3 is 14.8 Å². The Balaban J connectivity index is 2.32. The third-order valence-electron chi connectivity index (χ3n) is 1.87. The number of aryl methyl sites for hydroxylation is 1. The van der Waals surface area contributed by atoms with Crippen LogP contribution in [-0.4, -0.2) is 24.2 Å². The van der Waals surface area contributed by atoms with E-state index in [-0.39, 0.29) is 6.54 Å². The Labute approximate surface area is 80.7 Å². The molecule has 1 aromatic heterocycles. The van der Waals surface area contributed by atoms with Crippen molar-refractivity contribution in [3.05, 3.63) is 23.7 Å². The highest BCUT2D eigenvalue weighted by molar-refractivity contribution is 5.14. The van der Waals surface area contributed by atoms with E-state index in [1.165, 1.54) is 6.26 Å². The number of hydrogen-bond acceptors (Lipinski definition) is 3. The molecule has 0 fully saturated rings. The second kappa shape index (κ2) is 4.52. The van der Waals surface area contributed by atoms with Gasteiger partial charge in [0, 0.05) is 0 Å². The van der Waals surface area contributed by atoms with Crippen molar-refractivity contribution in [1.82, 2.24) is 5.32 Å². The van der Waals surface area contributed by atoms with Gasteiger partial charge in [0.05, 0.1) is 19.4 Å². The topological polar surface area (TPSA) is 45.4 Å². The number of aliphatic hydroxyl groups excluding tert-OH is 1. The van der Waals surface area contributed by atoms with Crippen LogP contribution in [0.5, 0.6) is 0 Å². The highest BCUT2D eigenvalue weighted by Crippen LogP contribution is 2.12. The van der Waals surface area contributed by atoms with Gasteiger partial charge in [-0.25, -0.2) is 8.78 Å². The standard InChI is InChI=1S/C9H13F2NO2/c1-7-2-3-14-8(7)4-12-5-9(10,11)6-13/h2-3,12-13H,4-6H2,1H3. The normalized spacial score (nSPS) is 12.0. The zero-order valence-corrected chi connectivity index (χ0v) is 7.89. The molecular formula is C9H13F2NO2. The first-order chi connectivity index (χ1) is 6.55. The van der Waals surface area contributed by atoms with E-state index in [1.807, 2.05) is 6.92 Å². The predicted octanol–water partition coefficient (Wildman–Crippen LogP) is 1.31. The molecule has 0 radical (unpaired) electrons. The molecule has 0 spiro atoms. The van der Waals surface area contributed by atoms with Crippen LogP contribution in [-0.2, 0) is 6.54 Å². The van der Waals surface area contributed by atoms with Crippen molar-refractivity contribution >= 4 is 0 Å². The van der Waals surface area contributed by atoms with Crippen molar-refractivity contribution in [2.24, 2.45) is 0 Å². The van der Waals surface area contributed by atoms with Gasteiger partial charge in [0.2, 0.25) is 0 Å². The maximum Gasteiger partial charge on any atom is 0.282 e. The van der Waals surface area contributed by atoms with E-state index in [0.717, 1.165) is 5.56 Å². The van der Waals surface area contributed by atoms with Crippen LogP contribution >= 0.6 is 0 Å². The molecule has 3 nitrogen and oxygen atoms in total. The summed E-state index contributed by atoms with van der Waals surface area (Å²) in [6, 6.07) is 1.77. The molecule has 0 aliphatic heterocycles. The van der Waals surface area contributed by atoms with Gasteiger partial charge in [0.25, 0.3) is 5.92 Å². The first kappa shape index (κ1) is 11.1. The number of alkyl halides is 2. The fourth-order valence-corrected chi connectivity index (χ4v) is 1.00. The van der Waals surface area contributed by atoms with E-state index < -0.39 is 19.1 Å². The van der Waals surface area contributed by atoms with Gasteiger partial charge in [-0.15, -0.1) is 0 Å². The maximum absolute atomic E-state index is 12.5. The molecular weight excluding hydrogens is 192 g/mol. The molecule has 0 unspecified atom stereocenters. The van der Waals surface area contributed by atoms with E-state index in [0.29, 0.717) is 5.76 Å². The van der Waals surface area contributed by atoms with E-state index in [9.17, 15) is 8.78 Å². The fourth-order valence-electron chi connectivity index (χ4n) is 1.00. The largest absolute Gasteiger partial charge is 0.468 e. The first-order valence-corrected chi connectivity index (χ1v) is 4.27. The number of hydrogen-bond donors (Lipinski definition) is 2. The van der Waals surface area contributed by atoms with Crippen molar-refractivity contribution in [2.45, 2.75) is 19.4 Å². The zero-order valence-electron chi connectivity index (χ0n) is 7.89. The van der Waals surface area contributed by atoms with E-state index in [2.05, 4.69) is 5.32 Å². The molecule has 0 bridgehead atoms. The summed E-state index contributed by atoms with van der Waals surface area (Å²) >= 11 is 0. The number of furan rings is 1. The zero-order chi connectivity index (χ0) is 10.6. The van der Waals surface area contributed by atoms with Crippen molar-refractivity contribution in [3.8, 4) is 0 Å². The number of rotatable bonds is 5. The number of halogens is 2. The Bertz CT molecular complexity index is 286. The molecule has 1 aromatic rings. The van der Waals surface area contributed by atoms with Crippen LogP contribution in [0.2, 0.25) is 0 Å². The summed E-state index contributed by atoms with van der Waals surface area (Å²) in [5.41, 5.74) is 0.921. The molecule has 0 amide bonds. The Kier molecular flexibility index (Phi) is 3.60. The van der Waals surface area contributed by atoms with Crippen molar-refractivity contribution in [3.63, 3.8) is 0 Å². The third kappa shape index (κ3) is 3.08. The summed E-state index contributed by atoms with van der Waals surface area (Å²) in [5.74, 6) is -2.43. The molecule has 1 heterocycles. The minimum atomic E-state index is -3.07. The lowest BCUT2D eigenvalue weighted by atomic mass is 10.3. The van der Waals surface area contributed by atoms with Gasteiger partial charge >= 0.3 is 0 Å². The summed E-state index contributed by atoms with van der Waals surface area (Å²) in [5, 5.41) is 10.8. The predicted molar refractivity (Wildman–Crippen MR) is 47.2 cm³/mol. The lowest BCUT2D eigenvalue weighted by molar-refractivity contribution is -0.0479. The molecule has 1 rings (SSSR count). The average molecular weight is 205 g/mol. The third-order valence-corrected chi connectivity index (χ3v) is 1.87. The van der Waals surface area contributed by atoms with Gasteiger partial charge in [-0.1, -0.05) is 0 Å². The molecule has 0 saturated heterocycles. The van der Waals surface area contributed by atoms with Crippen LogP contribution in [0.3, 0.4) is 0 Å². The van der Waals surface area contributed by atoms with E-state index in [4.69, 9.17) is 9.52 Å². The van der Waals surface area contributed by atoms with Crippen LogP contribution in [0.1, 0.15) is 11.3 Å². The maximum atomic E-state index is 12.5. The van der Waals surface area contributed by atoms with E-state index >= 15 is 0 Å². The van der Waals surface area contributed by atoms with Crippen LogP contribution in [0.4, 0.5) is 8.78 Å². The molecule has 5 heteroatoms. The van der Waals surface area contributed by atoms with Gasteiger partial charge in [0.15, 0.2) is 0 Å². The molecule has 0 aliphatic carbocycles. The highest BCUT2D eigenvalue weighted by atomic mass is 19.3. The smallest absolute Gasteiger partial charge is 0.282 e. The molecule has 80 valence electrons. The molecule has 0 saturated carbocycles. The number of aliphatic hydroxyl groups is 1. The lowest BCUT2D eigenvalue weighted by Crippen LogP contribution is -2.35.